The quantitative estimate of drug-likeness (QED) is 0.581. The van der Waals surface area contributed by atoms with E-state index in [1.54, 1.807) is 0 Å². The number of pyridine rings is 1. The van der Waals surface area contributed by atoms with Gasteiger partial charge in [-0.25, -0.2) is 14.1 Å². The number of aromatic nitrogens is 3. The van der Waals surface area contributed by atoms with Gasteiger partial charge in [-0.1, -0.05) is 11.6 Å². The van der Waals surface area contributed by atoms with Crippen molar-refractivity contribution >= 4 is 27.5 Å². The normalized spacial score (nSPS) is 11.9. The van der Waals surface area contributed by atoms with Crippen LogP contribution in [0.2, 0.25) is 5.02 Å². The molecule has 18 heavy (non-hydrogen) atoms. The van der Waals surface area contributed by atoms with Crippen LogP contribution in [0.5, 0.6) is 0 Å². The molecule has 0 spiro atoms. The average Bonchev–Trinajstić information content (AvgIpc) is 2.72. The van der Waals surface area contributed by atoms with Crippen LogP contribution in [0.25, 0.3) is 5.82 Å². The van der Waals surface area contributed by atoms with Gasteiger partial charge in [0.05, 0.1) is 5.02 Å². The first-order chi connectivity index (χ1) is 8.29. The van der Waals surface area contributed by atoms with Gasteiger partial charge in [-0.3, -0.25) is 0 Å². The van der Waals surface area contributed by atoms with Crippen LogP contribution in [-0.4, -0.2) is 14.8 Å². The molecule has 0 fully saturated rings. The topological polar surface area (TPSA) is 30.7 Å². The Bertz CT molecular complexity index is 596. The Morgan fingerprint density at radius 3 is 2.56 bits per heavy atom. The van der Waals surface area contributed by atoms with Crippen molar-refractivity contribution in [3.8, 4) is 5.82 Å². The van der Waals surface area contributed by atoms with E-state index >= 15 is 0 Å². The highest BCUT2D eigenvalue weighted by Gasteiger charge is 2.34. The SMILES string of the molecule is Fc1cc(Cl)c(Br)nc1-n1ccc(C(F)(F)F)n1. The minimum Gasteiger partial charge on any atom is -0.219 e. The van der Waals surface area contributed by atoms with Crippen molar-refractivity contribution in [2.24, 2.45) is 0 Å². The largest absolute Gasteiger partial charge is 0.435 e. The predicted molar refractivity (Wildman–Crippen MR) is 59.0 cm³/mol. The van der Waals surface area contributed by atoms with Crippen LogP contribution >= 0.6 is 27.5 Å². The van der Waals surface area contributed by atoms with Gasteiger partial charge in [0.25, 0.3) is 0 Å². The summed E-state index contributed by atoms with van der Waals surface area (Å²) in [6.45, 7) is 0. The molecular formula is C9H3BrClF4N3. The van der Waals surface area contributed by atoms with E-state index in [1.807, 2.05) is 0 Å². The molecule has 0 atom stereocenters. The van der Waals surface area contributed by atoms with E-state index in [4.69, 9.17) is 11.6 Å². The molecule has 2 heterocycles. The van der Waals surface area contributed by atoms with Gasteiger partial charge in [0.1, 0.15) is 4.60 Å². The van der Waals surface area contributed by atoms with Crippen LogP contribution in [-0.2, 0) is 6.18 Å². The van der Waals surface area contributed by atoms with Crippen LogP contribution in [0, 0.1) is 5.82 Å². The zero-order valence-electron chi connectivity index (χ0n) is 8.34. The van der Waals surface area contributed by atoms with E-state index in [0.717, 1.165) is 18.3 Å². The molecule has 0 amide bonds. The Morgan fingerprint density at radius 2 is 2.00 bits per heavy atom. The van der Waals surface area contributed by atoms with E-state index in [0.29, 0.717) is 4.68 Å². The molecule has 9 heteroatoms. The van der Waals surface area contributed by atoms with Crippen molar-refractivity contribution in [1.82, 2.24) is 14.8 Å². The molecule has 0 unspecified atom stereocenters. The first-order valence-corrected chi connectivity index (χ1v) is 5.61. The summed E-state index contributed by atoms with van der Waals surface area (Å²) >= 11 is 8.54. The van der Waals surface area contributed by atoms with Gasteiger partial charge >= 0.3 is 6.18 Å². The summed E-state index contributed by atoms with van der Waals surface area (Å²) in [6.07, 6.45) is -3.63. The molecule has 0 aliphatic rings. The fraction of sp³-hybridized carbons (Fsp3) is 0.111. The number of hydrogen-bond donors (Lipinski definition) is 0. The van der Waals surface area contributed by atoms with Crippen LogP contribution in [0.1, 0.15) is 5.69 Å². The molecule has 0 saturated carbocycles. The van der Waals surface area contributed by atoms with Crippen molar-refractivity contribution in [1.29, 1.82) is 0 Å². The summed E-state index contributed by atoms with van der Waals surface area (Å²) in [5.41, 5.74) is -1.13. The molecule has 0 aliphatic carbocycles. The van der Waals surface area contributed by atoms with Gasteiger partial charge in [0.15, 0.2) is 17.3 Å². The second-order valence-corrected chi connectivity index (χ2v) is 4.37. The Hall–Kier alpha value is -1.15. The van der Waals surface area contributed by atoms with Crippen LogP contribution in [0.15, 0.2) is 22.9 Å². The lowest BCUT2D eigenvalue weighted by Gasteiger charge is -2.05. The van der Waals surface area contributed by atoms with Crippen LogP contribution in [0.3, 0.4) is 0 Å². The first kappa shape index (κ1) is 13.3. The standard InChI is InChI=1S/C9H3BrClF4N3/c10-7-4(11)3-5(12)8(16-7)18-2-1-6(17-18)9(13,14)15/h1-3H. The summed E-state index contributed by atoms with van der Waals surface area (Å²) in [4.78, 5) is 3.68. The summed E-state index contributed by atoms with van der Waals surface area (Å²) in [6, 6.07) is 1.66. The maximum absolute atomic E-state index is 13.5. The highest BCUT2D eigenvalue weighted by atomic mass is 79.9. The molecule has 0 bridgehead atoms. The van der Waals surface area contributed by atoms with Gasteiger partial charge in [0.2, 0.25) is 0 Å². The summed E-state index contributed by atoms with van der Waals surface area (Å²) < 4.78 is 51.3. The van der Waals surface area contributed by atoms with Gasteiger partial charge < -0.3 is 0 Å². The maximum Gasteiger partial charge on any atom is 0.435 e. The van der Waals surface area contributed by atoms with Crippen molar-refractivity contribution < 1.29 is 17.6 Å². The van der Waals surface area contributed by atoms with E-state index < -0.39 is 17.7 Å². The minimum atomic E-state index is -4.59. The number of hydrogen-bond acceptors (Lipinski definition) is 2. The molecule has 0 aromatic carbocycles. The molecule has 2 rings (SSSR count). The second-order valence-electron chi connectivity index (χ2n) is 3.21. The molecular weight excluding hydrogens is 341 g/mol. The van der Waals surface area contributed by atoms with Gasteiger partial charge in [-0.05, 0) is 28.1 Å². The maximum atomic E-state index is 13.5. The van der Waals surface area contributed by atoms with Crippen LogP contribution in [0.4, 0.5) is 17.6 Å². The Kier molecular flexibility index (Phi) is 3.33. The number of rotatable bonds is 1. The minimum absolute atomic E-state index is 0.0134. The molecule has 0 saturated heterocycles. The van der Waals surface area contributed by atoms with E-state index in [2.05, 4.69) is 26.0 Å². The zero-order chi connectivity index (χ0) is 13.5. The first-order valence-electron chi connectivity index (χ1n) is 4.44. The second kappa shape index (κ2) is 4.51. The van der Waals surface area contributed by atoms with Crippen molar-refractivity contribution in [3.63, 3.8) is 0 Å². The molecule has 96 valence electrons. The fourth-order valence-electron chi connectivity index (χ4n) is 1.19. The number of nitrogens with zero attached hydrogens (tertiary/aromatic N) is 3. The van der Waals surface area contributed by atoms with Gasteiger partial charge in [-0.15, -0.1) is 0 Å². The summed E-state index contributed by atoms with van der Waals surface area (Å²) in [5.74, 6) is -1.25. The molecule has 0 N–H and O–H groups in total. The summed E-state index contributed by atoms with van der Waals surface area (Å²) in [7, 11) is 0. The lowest BCUT2D eigenvalue weighted by Crippen LogP contribution is -2.09. The molecule has 0 aliphatic heterocycles. The average molecular weight is 344 g/mol. The fourth-order valence-corrected chi connectivity index (χ4v) is 1.61. The smallest absolute Gasteiger partial charge is 0.219 e. The third kappa shape index (κ3) is 2.49. The highest BCUT2D eigenvalue weighted by Crippen LogP contribution is 2.29. The van der Waals surface area contributed by atoms with Crippen molar-refractivity contribution in [3.05, 3.63) is 39.5 Å². The molecule has 3 nitrogen and oxygen atoms in total. The third-order valence-corrected chi connectivity index (χ3v) is 3.09. The van der Waals surface area contributed by atoms with E-state index in [-0.39, 0.29) is 15.4 Å². The predicted octanol–water partition coefficient (Wildman–Crippen LogP) is 3.84. The summed E-state index contributed by atoms with van der Waals surface area (Å²) in [5, 5.41) is 3.22. The van der Waals surface area contributed by atoms with Crippen LogP contribution < -0.4 is 0 Å². The number of halogens is 6. The van der Waals surface area contributed by atoms with Crippen molar-refractivity contribution in [2.45, 2.75) is 6.18 Å². The molecule has 0 radical (unpaired) electrons. The Morgan fingerprint density at radius 1 is 1.33 bits per heavy atom. The lowest BCUT2D eigenvalue weighted by molar-refractivity contribution is -0.141. The lowest BCUT2D eigenvalue weighted by atomic mass is 10.4. The molecule has 2 aromatic rings. The number of alkyl halides is 3. The Labute approximate surface area is 112 Å². The third-order valence-electron chi connectivity index (χ3n) is 1.96. The Balaban J connectivity index is 2.50. The monoisotopic (exact) mass is 343 g/mol. The highest BCUT2D eigenvalue weighted by molar-refractivity contribution is 9.10. The van der Waals surface area contributed by atoms with E-state index in [9.17, 15) is 17.6 Å². The molecule has 2 aromatic heterocycles. The van der Waals surface area contributed by atoms with E-state index in [1.165, 1.54) is 0 Å². The van der Waals surface area contributed by atoms with Gasteiger partial charge in [0, 0.05) is 6.20 Å². The van der Waals surface area contributed by atoms with Gasteiger partial charge in [-0.2, -0.15) is 18.3 Å². The van der Waals surface area contributed by atoms with Crippen molar-refractivity contribution in [2.75, 3.05) is 0 Å². The zero-order valence-corrected chi connectivity index (χ0v) is 10.7.